The number of benzene rings is 2. The van der Waals surface area contributed by atoms with Gasteiger partial charge in [0.05, 0.1) is 7.05 Å². The lowest BCUT2D eigenvalue weighted by atomic mass is 9.64. The minimum atomic E-state index is -0.807. The number of aromatic nitrogens is 2. The molecule has 0 spiro atoms. The summed E-state index contributed by atoms with van der Waals surface area (Å²) in [4.78, 5) is 13.2. The Kier molecular flexibility index (Phi) is 7.01. The van der Waals surface area contributed by atoms with Gasteiger partial charge in [-0.15, -0.1) is 0 Å². The summed E-state index contributed by atoms with van der Waals surface area (Å²) in [6.45, 7) is 2.19. The van der Waals surface area contributed by atoms with Gasteiger partial charge in [0, 0.05) is 6.42 Å². The maximum atomic E-state index is 13.2. The minimum absolute atomic E-state index is 0. The van der Waals surface area contributed by atoms with Crippen LogP contribution in [0.4, 0.5) is 0 Å². The number of imidazole rings is 1. The van der Waals surface area contributed by atoms with Gasteiger partial charge in [-0.1, -0.05) is 67.6 Å². The Morgan fingerprint density at radius 3 is 2.13 bits per heavy atom. The van der Waals surface area contributed by atoms with Gasteiger partial charge in [0.25, 0.3) is 5.82 Å². The van der Waals surface area contributed by atoms with E-state index in [1.54, 1.807) is 0 Å². The molecular weight excluding hydrogens is 485 g/mol. The first kappa shape index (κ1) is 22.5. The van der Waals surface area contributed by atoms with E-state index in [-0.39, 0.29) is 35.8 Å². The topological polar surface area (TPSA) is 51.9 Å². The zero-order chi connectivity index (χ0) is 20.4. The van der Waals surface area contributed by atoms with E-state index in [2.05, 4.69) is 59.8 Å². The minimum Gasteiger partial charge on any atom is -1.00 e. The van der Waals surface area contributed by atoms with Crippen molar-refractivity contribution in [3.8, 4) is 0 Å². The number of hydrogen-bond acceptors (Lipinski definition) is 1. The molecule has 2 N–H and O–H groups in total. The molecule has 1 aliphatic carbocycles. The molecule has 0 radical (unpaired) electrons. The molecule has 1 saturated carbocycles. The van der Waals surface area contributed by atoms with Crippen molar-refractivity contribution >= 4 is 5.91 Å². The molecule has 2 unspecified atom stereocenters. The highest BCUT2D eigenvalue weighted by molar-refractivity contribution is 5.91. The van der Waals surface area contributed by atoms with Crippen molar-refractivity contribution in [2.75, 3.05) is 0 Å². The first-order valence-electron chi connectivity index (χ1n) is 10.5. The van der Waals surface area contributed by atoms with Crippen LogP contribution in [0.3, 0.4) is 0 Å². The third kappa shape index (κ3) is 3.68. The molecule has 2 aromatic carbocycles. The molecule has 158 valence electrons. The second-order valence-corrected chi connectivity index (χ2v) is 8.15. The predicted molar refractivity (Wildman–Crippen MR) is 114 cm³/mol. The monoisotopic (exact) mass is 515 g/mol. The van der Waals surface area contributed by atoms with Crippen LogP contribution in [0.5, 0.6) is 0 Å². The second-order valence-electron chi connectivity index (χ2n) is 8.15. The molecule has 5 heteroatoms. The first-order chi connectivity index (χ1) is 14.1. The number of primary amides is 1. The van der Waals surface area contributed by atoms with Crippen molar-refractivity contribution in [1.82, 2.24) is 4.57 Å². The highest BCUT2D eigenvalue weighted by atomic mass is 127. The third-order valence-electron chi connectivity index (χ3n) is 6.73. The van der Waals surface area contributed by atoms with Crippen LogP contribution < -0.4 is 34.3 Å². The molecule has 0 saturated heterocycles. The Labute approximate surface area is 196 Å². The number of nitrogens with two attached hydrogens (primary N) is 1. The summed E-state index contributed by atoms with van der Waals surface area (Å²) >= 11 is 0. The number of carbonyl (C=O) groups excluding carboxylic acids is 1. The van der Waals surface area contributed by atoms with E-state index in [9.17, 15) is 4.79 Å². The number of amides is 1. The van der Waals surface area contributed by atoms with E-state index in [1.165, 1.54) is 5.82 Å². The molecule has 30 heavy (non-hydrogen) atoms. The summed E-state index contributed by atoms with van der Waals surface area (Å²) in [6, 6.07) is 20.6. The van der Waals surface area contributed by atoms with Crippen molar-refractivity contribution in [2.45, 2.75) is 44.1 Å². The number of aryl methyl sites for hydroxylation is 1. The molecule has 0 aliphatic heterocycles. The van der Waals surface area contributed by atoms with E-state index >= 15 is 0 Å². The Hall–Kier alpha value is -2.15. The zero-order valence-corrected chi connectivity index (χ0v) is 19.8. The molecule has 4 rings (SSSR count). The van der Waals surface area contributed by atoms with Gasteiger partial charge < -0.3 is 29.7 Å². The van der Waals surface area contributed by atoms with E-state index in [4.69, 9.17) is 5.73 Å². The van der Waals surface area contributed by atoms with Crippen LogP contribution in [0.15, 0.2) is 73.1 Å². The lowest BCUT2D eigenvalue weighted by molar-refractivity contribution is -0.678. The standard InChI is InChI=1S/C25H29N3O.HI/c1-3-23-27(2)16-17-28(23)22-15-14-21(18-22)25(24(26)29,19-10-6-4-7-11-19)20-12-8-5-9-13-20;/h4-13,16-17,21-22H,3,14-15,18H2,1-2H3,(H-,26,29);1H. The average molecular weight is 515 g/mol. The van der Waals surface area contributed by atoms with Crippen LogP contribution in [0.1, 0.15) is 49.2 Å². The third-order valence-corrected chi connectivity index (χ3v) is 6.73. The summed E-state index contributed by atoms with van der Waals surface area (Å²) in [5.74, 6) is 1.22. The number of nitrogens with zero attached hydrogens (tertiary/aromatic N) is 2. The fourth-order valence-corrected chi connectivity index (χ4v) is 5.42. The number of halogens is 1. The number of carbonyl (C=O) groups is 1. The van der Waals surface area contributed by atoms with Gasteiger partial charge in [-0.05, 0) is 36.3 Å². The summed E-state index contributed by atoms with van der Waals surface area (Å²) in [7, 11) is 2.10. The van der Waals surface area contributed by atoms with Gasteiger partial charge in [-0.3, -0.25) is 4.79 Å². The predicted octanol–water partition coefficient (Wildman–Crippen LogP) is 0.692. The number of hydrogen-bond donors (Lipinski definition) is 1. The summed E-state index contributed by atoms with van der Waals surface area (Å²) in [6.07, 6.45) is 8.27. The van der Waals surface area contributed by atoms with Gasteiger partial charge in [-0.25, -0.2) is 9.13 Å². The molecule has 0 bridgehead atoms. The molecule has 1 amide bonds. The van der Waals surface area contributed by atoms with Crippen molar-refractivity contribution in [3.05, 3.63) is 90.0 Å². The highest BCUT2D eigenvalue weighted by Gasteiger charge is 2.51. The fraction of sp³-hybridized carbons (Fsp3) is 0.360. The SMILES string of the molecule is CCc1n(C2CCC(C(C(N)=O)(c3ccccc3)c3ccccc3)C2)cc[n+]1C.[I-]. The molecule has 1 heterocycles. The molecule has 3 aromatic rings. The van der Waals surface area contributed by atoms with Crippen LogP contribution in [0, 0.1) is 5.92 Å². The van der Waals surface area contributed by atoms with Crippen LogP contribution in [0.25, 0.3) is 0 Å². The van der Waals surface area contributed by atoms with E-state index < -0.39 is 5.41 Å². The van der Waals surface area contributed by atoms with Crippen LogP contribution in [0.2, 0.25) is 0 Å². The Balaban J connectivity index is 0.00000256. The van der Waals surface area contributed by atoms with E-state index in [0.717, 1.165) is 36.8 Å². The maximum absolute atomic E-state index is 13.2. The average Bonchev–Trinajstić information content (AvgIpc) is 3.37. The van der Waals surface area contributed by atoms with Gasteiger partial charge in [-0.2, -0.15) is 0 Å². The van der Waals surface area contributed by atoms with Gasteiger partial charge >= 0.3 is 0 Å². The Morgan fingerprint density at radius 1 is 1.07 bits per heavy atom. The van der Waals surface area contributed by atoms with Crippen molar-refractivity contribution < 1.29 is 33.3 Å². The zero-order valence-electron chi connectivity index (χ0n) is 17.7. The fourth-order valence-electron chi connectivity index (χ4n) is 5.42. The van der Waals surface area contributed by atoms with Crippen molar-refractivity contribution in [2.24, 2.45) is 18.7 Å². The molecule has 2 atom stereocenters. The lowest BCUT2D eigenvalue weighted by Gasteiger charge is -2.37. The maximum Gasteiger partial charge on any atom is 0.256 e. The summed E-state index contributed by atoms with van der Waals surface area (Å²) < 4.78 is 4.60. The molecule has 1 aliphatic rings. The second kappa shape index (κ2) is 9.33. The van der Waals surface area contributed by atoms with Gasteiger partial charge in [0.2, 0.25) is 5.91 Å². The summed E-state index contributed by atoms with van der Waals surface area (Å²) in [5.41, 5.74) is 7.40. The quantitative estimate of drug-likeness (QED) is 0.382. The lowest BCUT2D eigenvalue weighted by Crippen LogP contribution is -3.00. The van der Waals surface area contributed by atoms with E-state index in [1.807, 2.05) is 36.4 Å². The van der Waals surface area contributed by atoms with Gasteiger partial charge in [0.1, 0.15) is 23.9 Å². The Morgan fingerprint density at radius 2 is 1.63 bits per heavy atom. The molecule has 1 aromatic heterocycles. The Bertz CT molecular complexity index is 945. The highest BCUT2D eigenvalue weighted by Crippen LogP contribution is 2.49. The largest absolute Gasteiger partial charge is 1.00 e. The molecular formula is C25H30IN3O. The van der Waals surface area contributed by atoms with Crippen LogP contribution in [-0.4, -0.2) is 10.5 Å². The van der Waals surface area contributed by atoms with Crippen molar-refractivity contribution in [3.63, 3.8) is 0 Å². The van der Waals surface area contributed by atoms with Crippen LogP contribution in [-0.2, 0) is 23.7 Å². The summed E-state index contributed by atoms with van der Waals surface area (Å²) in [5, 5.41) is 0. The molecule has 1 fully saturated rings. The molecule has 4 nitrogen and oxygen atoms in total. The van der Waals surface area contributed by atoms with E-state index in [0.29, 0.717) is 6.04 Å². The van der Waals surface area contributed by atoms with Crippen LogP contribution >= 0.6 is 0 Å². The first-order valence-corrected chi connectivity index (χ1v) is 10.5. The van der Waals surface area contributed by atoms with Gasteiger partial charge in [0.15, 0.2) is 0 Å². The van der Waals surface area contributed by atoms with Crippen molar-refractivity contribution in [1.29, 1.82) is 0 Å². The number of rotatable bonds is 6. The smallest absolute Gasteiger partial charge is 0.256 e. The normalized spacial score (nSPS) is 18.7.